The number of halogens is 2. The van der Waals surface area contributed by atoms with E-state index in [9.17, 15) is 5.11 Å². The predicted molar refractivity (Wildman–Crippen MR) is 83.4 cm³/mol. The van der Waals surface area contributed by atoms with Crippen molar-refractivity contribution in [1.82, 2.24) is 4.98 Å². The van der Waals surface area contributed by atoms with E-state index in [-0.39, 0.29) is 0 Å². The van der Waals surface area contributed by atoms with Crippen LogP contribution in [0.2, 0.25) is 10.0 Å². The van der Waals surface area contributed by atoms with Crippen molar-refractivity contribution >= 4 is 23.2 Å². The summed E-state index contributed by atoms with van der Waals surface area (Å²) in [6.45, 7) is 1.89. The van der Waals surface area contributed by atoms with E-state index < -0.39 is 6.10 Å². The zero-order chi connectivity index (χ0) is 15.0. The molecule has 0 bridgehead atoms. The number of aryl methyl sites for hydroxylation is 1. The number of nitrogens with zero attached hydrogens (tertiary/aromatic N) is 1. The molecule has 1 aromatic heterocycles. The molecular weight excluding hydrogens is 309 g/mol. The van der Waals surface area contributed by atoms with Crippen molar-refractivity contribution in [1.29, 1.82) is 0 Å². The Kier molecular flexibility index (Phi) is 4.07. The lowest BCUT2D eigenvalue weighted by atomic mass is 9.92. The Morgan fingerprint density at radius 3 is 2.62 bits per heavy atom. The Morgan fingerprint density at radius 2 is 1.90 bits per heavy atom. The fraction of sp³-hybridized carbons (Fsp3) is 0.312. The van der Waals surface area contributed by atoms with Crippen molar-refractivity contribution in [3.63, 3.8) is 0 Å². The topological polar surface area (TPSA) is 42.4 Å². The van der Waals surface area contributed by atoms with Gasteiger partial charge in [0.05, 0.1) is 11.8 Å². The molecule has 5 heteroatoms. The molecule has 3 nitrogen and oxygen atoms in total. The van der Waals surface area contributed by atoms with E-state index in [4.69, 9.17) is 27.9 Å². The van der Waals surface area contributed by atoms with Crippen molar-refractivity contribution in [2.45, 2.75) is 32.3 Å². The summed E-state index contributed by atoms with van der Waals surface area (Å²) in [5.41, 5.74) is 2.51. The van der Waals surface area contributed by atoms with E-state index in [0.717, 1.165) is 42.0 Å². The van der Waals surface area contributed by atoms with Gasteiger partial charge in [-0.15, -0.1) is 0 Å². The van der Waals surface area contributed by atoms with E-state index in [1.54, 1.807) is 18.2 Å². The molecule has 0 aliphatic heterocycles. The van der Waals surface area contributed by atoms with Crippen LogP contribution in [0.25, 0.3) is 0 Å². The van der Waals surface area contributed by atoms with Gasteiger partial charge in [0.15, 0.2) is 0 Å². The van der Waals surface area contributed by atoms with Gasteiger partial charge in [-0.2, -0.15) is 0 Å². The summed E-state index contributed by atoms with van der Waals surface area (Å²) in [5, 5.41) is 11.2. The molecule has 21 heavy (non-hydrogen) atoms. The summed E-state index contributed by atoms with van der Waals surface area (Å²) >= 11 is 12.0. The summed E-state index contributed by atoms with van der Waals surface area (Å²) in [6.07, 6.45) is 2.00. The third-order valence-electron chi connectivity index (χ3n) is 3.53. The third-order valence-corrected chi connectivity index (χ3v) is 3.96. The minimum atomic E-state index is -0.515. The normalized spacial score (nSPS) is 17.4. The number of fused-ring (bicyclic) bond motifs is 1. The average Bonchev–Trinajstić information content (AvgIpc) is 2.39. The van der Waals surface area contributed by atoms with Crippen molar-refractivity contribution in [3.8, 4) is 11.5 Å². The Labute approximate surface area is 133 Å². The monoisotopic (exact) mass is 323 g/mol. The average molecular weight is 324 g/mol. The molecular formula is C16H15Cl2NO2. The van der Waals surface area contributed by atoms with E-state index in [1.807, 2.05) is 13.0 Å². The Hall–Kier alpha value is -1.29. The number of rotatable bonds is 2. The van der Waals surface area contributed by atoms with Crippen LogP contribution in [0.1, 0.15) is 35.9 Å². The first-order chi connectivity index (χ1) is 10.0. The van der Waals surface area contributed by atoms with Crippen LogP contribution in [0, 0.1) is 6.92 Å². The van der Waals surface area contributed by atoms with Gasteiger partial charge in [-0.05, 0) is 44.4 Å². The first kappa shape index (κ1) is 14.6. The molecule has 1 aliphatic carbocycles. The fourth-order valence-corrected chi connectivity index (χ4v) is 3.14. The number of hydrogen-bond acceptors (Lipinski definition) is 3. The molecule has 0 saturated carbocycles. The Balaban J connectivity index is 2.02. The molecule has 1 N–H and O–H groups in total. The summed E-state index contributed by atoms with van der Waals surface area (Å²) < 4.78 is 5.95. The highest BCUT2D eigenvalue weighted by Gasteiger charge is 2.23. The van der Waals surface area contributed by atoms with Crippen LogP contribution >= 0.6 is 23.2 Å². The second-order valence-corrected chi connectivity index (χ2v) is 6.11. The van der Waals surface area contributed by atoms with E-state index in [2.05, 4.69) is 4.98 Å². The molecule has 110 valence electrons. The molecule has 0 saturated heterocycles. The zero-order valence-electron chi connectivity index (χ0n) is 11.6. The minimum absolute atomic E-state index is 0.515. The van der Waals surface area contributed by atoms with Gasteiger partial charge in [0.25, 0.3) is 0 Å². The first-order valence-electron chi connectivity index (χ1n) is 6.85. The van der Waals surface area contributed by atoms with Crippen LogP contribution in [0.15, 0.2) is 24.3 Å². The van der Waals surface area contributed by atoms with Gasteiger partial charge in [-0.3, -0.25) is 4.98 Å². The maximum Gasteiger partial charge on any atom is 0.134 e. The number of aromatic nitrogens is 1. The minimum Gasteiger partial charge on any atom is -0.457 e. The van der Waals surface area contributed by atoms with Crippen LogP contribution in [-0.4, -0.2) is 10.1 Å². The largest absolute Gasteiger partial charge is 0.457 e. The molecule has 1 aliphatic rings. The van der Waals surface area contributed by atoms with Crippen LogP contribution in [0.4, 0.5) is 0 Å². The van der Waals surface area contributed by atoms with Gasteiger partial charge in [0.2, 0.25) is 0 Å². The lowest BCUT2D eigenvalue weighted by Gasteiger charge is -2.23. The molecule has 1 heterocycles. The van der Waals surface area contributed by atoms with E-state index in [1.165, 1.54) is 0 Å². The zero-order valence-corrected chi connectivity index (χ0v) is 13.1. The van der Waals surface area contributed by atoms with Crippen molar-refractivity contribution in [2.24, 2.45) is 0 Å². The molecule has 0 spiro atoms. The first-order valence-corrected chi connectivity index (χ1v) is 7.61. The molecule has 3 rings (SSSR count). The summed E-state index contributed by atoms with van der Waals surface area (Å²) in [4.78, 5) is 4.45. The summed E-state index contributed by atoms with van der Waals surface area (Å²) in [5.74, 6) is 1.30. The van der Waals surface area contributed by atoms with Crippen molar-refractivity contribution in [2.75, 3.05) is 0 Å². The quantitative estimate of drug-likeness (QED) is 0.858. The second kappa shape index (κ2) is 5.84. The van der Waals surface area contributed by atoms with Crippen LogP contribution in [0.3, 0.4) is 0 Å². The van der Waals surface area contributed by atoms with Crippen molar-refractivity contribution < 1.29 is 9.84 Å². The van der Waals surface area contributed by atoms with Gasteiger partial charge in [0, 0.05) is 27.4 Å². The Morgan fingerprint density at radius 1 is 1.19 bits per heavy atom. The van der Waals surface area contributed by atoms with Crippen LogP contribution in [0.5, 0.6) is 11.5 Å². The smallest absolute Gasteiger partial charge is 0.134 e. The number of ether oxygens (including phenoxy) is 1. The number of benzene rings is 1. The molecule has 0 fully saturated rings. The van der Waals surface area contributed by atoms with Crippen LogP contribution < -0.4 is 4.74 Å². The SMILES string of the molecule is Cc1cc(Oc2cc(Cl)cc(Cl)c2)c2c(n1)C(O)CCC2. The van der Waals surface area contributed by atoms with Crippen molar-refractivity contribution in [3.05, 3.63) is 51.3 Å². The van der Waals surface area contributed by atoms with Gasteiger partial charge in [-0.25, -0.2) is 0 Å². The standard InChI is InChI=1S/C16H15Cl2NO2/c1-9-5-15(13-3-2-4-14(20)16(13)19-9)21-12-7-10(17)6-11(18)8-12/h5-8,14,20H,2-4H2,1H3. The van der Waals surface area contributed by atoms with E-state index in [0.29, 0.717) is 15.8 Å². The molecule has 1 aromatic carbocycles. The van der Waals surface area contributed by atoms with Gasteiger partial charge in [0.1, 0.15) is 11.5 Å². The summed E-state index contributed by atoms with van der Waals surface area (Å²) in [7, 11) is 0. The van der Waals surface area contributed by atoms with Gasteiger partial charge >= 0.3 is 0 Å². The second-order valence-electron chi connectivity index (χ2n) is 5.24. The number of hydrogen-bond donors (Lipinski definition) is 1. The van der Waals surface area contributed by atoms with Gasteiger partial charge in [-0.1, -0.05) is 23.2 Å². The van der Waals surface area contributed by atoms with E-state index >= 15 is 0 Å². The lowest BCUT2D eigenvalue weighted by Crippen LogP contribution is -2.13. The van der Waals surface area contributed by atoms with Gasteiger partial charge < -0.3 is 9.84 Å². The maximum atomic E-state index is 10.1. The number of aliphatic hydroxyl groups excluding tert-OH is 1. The number of aliphatic hydroxyl groups is 1. The molecule has 0 amide bonds. The fourth-order valence-electron chi connectivity index (χ4n) is 2.63. The maximum absolute atomic E-state index is 10.1. The number of pyridine rings is 1. The van der Waals surface area contributed by atoms with Crippen LogP contribution in [-0.2, 0) is 6.42 Å². The third kappa shape index (κ3) is 3.15. The highest BCUT2D eigenvalue weighted by molar-refractivity contribution is 6.34. The molecule has 2 aromatic rings. The molecule has 1 atom stereocenters. The summed E-state index contributed by atoms with van der Waals surface area (Å²) in [6, 6.07) is 6.97. The molecule has 1 unspecified atom stereocenters. The Bertz CT molecular complexity index is 668. The molecule has 0 radical (unpaired) electrons. The highest BCUT2D eigenvalue weighted by Crippen LogP contribution is 2.37. The lowest BCUT2D eigenvalue weighted by molar-refractivity contribution is 0.150. The predicted octanol–water partition coefficient (Wildman–Crippen LogP) is 4.86. The highest BCUT2D eigenvalue weighted by atomic mass is 35.5.